The van der Waals surface area contributed by atoms with E-state index in [1.807, 2.05) is 24.3 Å². The van der Waals surface area contributed by atoms with E-state index in [4.69, 9.17) is 4.74 Å². The van der Waals surface area contributed by atoms with Crippen LogP contribution in [0.5, 0.6) is 0 Å². The van der Waals surface area contributed by atoms with Crippen LogP contribution in [0.2, 0.25) is 0 Å². The topological polar surface area (TPSA) is 38.3 Å². The molecule has 29 heavy (non-hydrogen) atoms. The maximum Gasteiger partial charge on any atom is 0.226 e. The van der Waals surface area contributed by atoms with Crippen LogP contribution in [0.1, 0.15) is 44.1 Å². The molecule has 0 aromatic heterocycles. The Balaban J connectivity index is 1.64. The summed E-state index contributed by atoms with van der Waals surface area (Å²) in [5, 5.41) is 3.28. The van der Waals surface area contributed by atoms with E-state index in [0.29, 0.717) is 38.0 Å². The number of nitrogens with one attached hydrogen (secondary N) is 1. The fraction of sp³-hybridized carbons (Fsp3) is 0.458. The van der Waals surface area contributed by atoms with Gasteiger partial charge < -0.3 is 10.1 Å². The molecule has 1 aliphatic carbocycles. The normalized spacial score (nSPS) is 19.2. The van der Waals surface area contributed by atoms with Crippen LogP contribution in [-0.2, 0) is 16.0 Å². The molecule has 0 radical (unpaired) electrons. The molecule has 1 N–H and O–H groups in total. The van der Waals surface area contributed by atoms with Crippen LogP contribution < -0.4 is 5.32 Å². The fourth-order valence-corrected chi connectivity index (χ4v) is 4.64. The van der Waals surface area contributed by atoms with Crippen molar-refractivity contribution < 1.29 is 18.3 Å². The number of hydrogen-bond acceptors (Lipinski definition) is 2. The molecule has 0 spiro atoms. The highest BCUT2D eigenvalue weighted by atomic mass is 19.2. The zero-order chi connectivity index (χ0) is 20.3. The van der Waals surface area contributed by atoms with Gasteiger partial charge in [0, 0.05) is 19.3 Å². The van der Waals surface area contributed by atoms with Crippen LogP contribution >= 0.6 is 0 Å². The van der Waals surface area contributed by atoms with Gasteiger partial charge in [0.25, 0.3) is 0 Å². The van der Waals surface area contributed by atoms with Crippen LogP contribution in [-0.4, -0.2) is 25.2 Å². The monoisotopic (exact) mass is 399 g/mol. The molecule has 2 aliphatic rings. The van der Waals surface area contributed by atoms with Gasteiger partial charge in [-0.1, -0.05) is 43.2 Å². The molecule has 1 aliphatic heterocycles. The van der Waals surface area contributed by atoms with Crippen molar-refractivity contribution in [2.24, 2.45) is 5.41 Å². The summed E-state index contributed by atoms with van der Waals surface area (Å²) in [6.45, 7) is 1.12. The summed E-state index contributed by atoms with van der Waals surface area (Å²) in [6.07, 6.45) is 6.31. The van der Waals surface area contributed by atoms with Crippen LogP contribution in [0.4, 0.5) is 8.78 Å². The zero-order valence-corrected chi connectivity index (χ0v) is 16.6. The van der Waals surface area contributed by atoms with Crippen LogP contribution in [0, 0.1) is 17.0 Å². The summed E-state index contributed by atoms with van der Waals surface area (Å²) in [5.74, 6) is -1.62. The van der Waals surface area contributed by atoms with Crippen molar-refractivity contribution in [3.05, 3.63) is 59.7 Å². The van der Waals surface area contributed by atoms with Crippen LogP contribution in [0.25, 0.3) is 11.1 Å². The molecule has 5 heteroatoms. The molecule has 1 amide bonds. The molecule has 1 heterocycles. The van der Waals surface area contributed by atoms with Crippen molar-refractivity contribution in [1.82, 2.24) is 5.32 Å². The lowest BCUT2D eigenvalue weighted by Crippen LogP contribution is -2.48. The van der Waals surface area contributed by atoms with Gasteiger partial charge in [-0.25, -0.2) is 8.78 Å². The summed E-state index contributed by atoms with van der Waals surface area (Å²) in [7, 11) is 0. The lowest BCUT2D eigenvalue weighted by molar-refractivity contribution is -0.137. The minimum atomic E-state index is -0.864. The largest absolute Gasteiger partial charge is 0.381 e. The van der Waals surface area contributed by atoms with Crippen LogP contribution in [0.15, 0.2) is 42.5 Å². The molecule has 1 saturated heterocycles. The predicted octanol–water partition coefficient (Wildman–Crippen LogP) is 5.03. The van der Waals surface area contributed by atoms with Crippen LogP contribution in [0.3, 0.4) is 0 Å². The van der Waals surface area contributed by atoms with Gasteiger partial charge in [0.05, 0.1) is 5.41 Å². The number of carbonyl (C=O) groups excluding carboxylic acids is 1. The van der Waals surface area contributed by atoms with Gasteiger partial charge in [0.15, 0.2) is 11.6 Å². The van der Waals surface area contributed by atoms with E-state index in [2.05, 4.69) is 5.32 Å². The van der Waals surface area contributed by atoms with Crippen molar-refractivity contribution in [2.45, 2.75) is 51.0 Å². The van der Waals surface area contributed by atoms with Crippen molar-refractivity contribution in [3.63, 3.8) is 0 Å². The molecule has 1 saturated carbocycles. The first-order valence-corrected chi connectivity index (χ1v) is 10.5. The van der Waals surface area contributed by atoms with Crippen molar-refractivity contribution in [3.8, 4) is 11.1 Å². The number of amides is 1. The Labute approximate surface area is 170 Å². The van der Waals surface area contributed by atoms with Gasteiger partial charge in [0.2, 0.25) is 5.91 Å². The fourth-order valence-electron chi connectivity index (χ4n) is 4.64. The Bertz CT molecular complexity index is 871. The third kappa shape index (κ3) is 4.35. The molecule has 4 rings (SSSR count). The van der Waals surface area contributed by atoms with E-state index in [1.54, 1.807) is 6.07 Å². The summed E-state index contributed by atoms with van der Waals surface area (Å²) >= 11 is 0. The van der Waals surface area contributed by atoms with E-state index in [1.165, 1.54) is 18.9 Å². The lowest BCUT2D eigenvalue weighted by Gasteiger charge is -2.37. The highest BCUT2D eigenvalue weighted by molar-refractivity contribution is 5.84. The van der Waals surface area contributed by atoms with Gasteiger partial charge >= 0.3 is 0 Å². The first kappa shape index (κ1) is 20.0. The first-order valence-electron chi connectivity index (χ1n) is 10.5. The predicted molar refractivity (Wildman–Crippen MR) is 108 cm³/mol. The second-order valence-electron chi connectivity index (χ2n) is 8.31. The minimum absolute atomic E-state index is 0.104. The number of carbonyl (C=O) groups is 1. The quantitative estimate of drug-likeness (QED) is 0.766. The maximum atomic E-state index is 13.8. The Kier molecular flexibility index (Phi) is 5.95. The van der Waals surface area contributed by atoms with E-state index in [9.17, 15) is 13.6 Å². The Morgan fingerprint density at radius 2 is 1.76 bits per heavy atom. The Morgan fingerprint density at radius 1 is 1.03 bits per heavy atom. The van der Waals surface area contributed by atoms with E-state index in [-0.39, 0.29) is 11.9 Å². The lowest BCUT2D eigenvalue weighted by atomic mass is 9.73. The minimum Gasteiger partial charge on any atom is -0.381 e. The van der Waals surface area contributed by atoms with Gasteiger partial charge in [-0.05, 0) is 60.9 Å². The van der Waals surface area contributed by atoms with E-state index >= 15 is 0 Å². The Hall–Kier alpha value is -2.27. The molecule has 2 aromatic rings. The standard InChI is InChI=1S/C24H27F2NO2/c25-21-10-9-17(15-22(21)26)20-8-4-1-5-18(20)16-24(11-13-29-14-12-24)23(28)27-19-6-2-3-7-19/h1,4-5,8-10,15,19H,2-3,6-7,11-14,16H2,(H,27,28). The highest BCUT2D eigenvalue weighted by Crippen LogP contribution is 2.38. The van der Waals surface area contributed by atoms with Gasteiger partial charge in [0.1, 0.15) is 0 Å². The van der Waals surface area contributed by atoms with E-state index in [0.717, 1.165) is 30.0 Å². The number of ether oxygens (including phenoxy) is 1. The Morgan fingerprint density at radius 3 is 2.48 bits per heavy atom. The third-order valence-electron chi connectivity index (χ3n) is 6.40. The second-order valence-corrected chi connectivity index (χ2v) is 8.31. The zero-order valence-electron chi connectivity index (χ0n) is 16.6. The van der Waals surface area contributed by atoms with Gasteiger partial charge in [-0.15, -0.1) is 0 Å². The van der Waals surface area contributed by atoms with Crippen molar-refractivity contribution >= 4 is 5.91 Å². The number of halogens is 2. The summed E-state index contributed by atoms with van der Waals surface area (Å²) in [4.78, 5) is 13.4. The third-order valence-corrected chi connectivity index (χ3v) is 6.40. The molecule has 2 aromatic carbocycles. The van der Waals surface area contributed by atoms with Crippen molar-refractivity contribution in [1.29, 1.82) is 0 Å². The second kappa shape index (κ2) is 8.62. The average Bonchev–Trinajstić information content (AvgIpc) is 3.24. The molecular weight excluding hydrogens is 372 g/mol. The van der Waals surface area contributed by atoms with Gasteiger partial charge in [-0.3, -0.25) is 4.79 Å². The number of benzene rings is 2. The first-order chi connectivity index (χ1) is 14.1. The number of rotatable bonds is 5. The molecule has 0 bridgehead atoms. The summed E-state index contributed by atoms with van der Waals surface area (Å²) < 4.78 is 32.8. The molecule has 0 unspecified atom stereocenters. The molecular formula is C24H27F2NO2. The van der Waals surface area contributed by atoms with Gasteiger partial charge in [-0.2, -0.15) is 0 Å². The SMILES string of the molecule is O=C(NC1CCCC1)C1(Cc2ccccc2-c2ccc(F)c(F)c2)CCOCC1. The average molecular weight is 399 g/mol. The van der Waals surface area contributed by atoms with Crippen molar-refractivity contribution in [2.75, 3.05) is 13.2 Å². The van der Waals surface area contributed by atoms with E-state index < -0.39 is 17.0 Å². The molecule has 3 nitrogen and oxygen atoms in total. The molecule has 2 fully saturated rings. The highest BCUT2D eigenvalue weighted by Gasteiger charge is 2.41. The smallest absolute Gasteiger partial charge is 0.226 e. The molecule has 0 atom stereocenters. The maximum absolute atomic E-state index is 13.8. The number of hydrogen-bond donors (Lipinski definition) is 1. The molecule has 154 valence electrons. The summed E-state index contributed by atoms with van der Waals surface area (Å²) in [5.41, 5.74) is 1.90. The summed E-state index contributed by atoms with van der Waals surface area (Å²) in [6, 6.07) is 11.9.